The Kier molecular flexibility index (Phi) is 9.63. The van der Waals surface area contributed by atoms with E-state index in [0.717, 1.165) is 19.3 Å². The van der Waals surface area contributed by atoms with Crippen LogP contribution in [-0.2, 0) is 6.11 Å². The minimum Gasteiger partial charge on any atom is -0.429 e. The van der Waals surface area contributed by atoms with Crippen molar-refractivity contribution in [2.24, 2.45) is 4.99 Å². The van der Waals surface area contributed by atoms with Gasteiger partial charge in [-0.15, -0.1) is 0 Å². The van der Waals surface area contributed by atoms with Crippen LogP contribution in [0.1, 0.15) is 43.7 Å². The largest absolute Gasteiger partial charge is 0.432 e. The molecule has 210 valence electrons. The maximum Gasteiger partial charge on any atom is 0.432 e. The van der Waals surface area contributed by atoms with Crippen molar-refractivity contribution in [3.8, 4) is 28.7 Å². The highest BCUT2D eigenvalue weighted by atomic mass is 19.3. The van der Waals surface area contributed by atoms with E-state index >= 15 is 0 Å². The van der Waals surface area contributed by atoms with E-state index in [9.17, 15) is 39.5 Å². The molecule has 0 heterocycles. The molecule has 12 heteroatoms. The van der Waals surface area contributed by atoms with Crippen molar-refractivity contribution < 1.29 is 44.3 Å². The highest BCUT2D eigenvalue weighted by molar-refractivity contribution is 6.01. The van der Waals surface area contributed by atoms with Crippen LogP contribution < -0.4 is 4.74 Å². The first-order valence-electron chi connectivity index (χ1n) is 11.7. The number of alkyl halides is 2. The third-order valence-corrected chi connectivity index (χ3v) is 5.35. The van der Waals surface area contributed by atoms with E-state index < -0.39 is 69.3 Å². The minimum absolute atomic E-state index is 0.0348. The van der Waals surface area contributed by atoms with Gasteiger partial charge in [0.25, 0.3) is 0 Å². The molecule has 3 aromatic carbocycles. The van der Waals surface area contributed by atoms with Gasteiger partial charge < -0.3 is 4.74 Å². The number of amidine groups is 1. The van der Waals surface area contributed by atoms with Crippen LogP contribution >= 0.6 is 0 Å². The lowest BCUT2D eigenvalue weighted by molar-refractivity contribution is -0.189. The molecule has 0 bridgehead atoms. The van der Waals surface area contributed by atoms with Gasteiger partial charge in [0.1, 0.15) is 34.6 Å². The van der Waals surface area contributed by atoms with Crippen LogP contribution in [0.4, 0.5) is 39.5 Å². The minimum atomic E-state index is -4.87. The molecular formula is C28H19F9N2O. The SMILES string of the molecule is CCCCC/C=N\C(=N)C#Cc1cc(F)c(-c2cc(F)c(C(F)(F)Oc3cc(F)c(F)c(F)c3)c(F)c2)c(F)c1. The van der Waals surface area contributed by atoms with Crippen LogP contribution in [0, 0.1) is 58.0 Å². The molecule has 3 rings (SSSR count). The standard InChI is InChI=1S/C28H19F9N2O/c1-2-3-4-5-8-39-24(38)7-6-15-9-18(29)25(19(30)10-15)16-11-20(31)26(21(32)12-16)28(36,37)40-17-13-22(33)27(35)23(34)14-17/h8-14,38H,2-5H2,1H3/b38-24?,39-8-. The fraction of sp³-hybridized carbons (Fsp3) is 0.214. The zero-order chi connectivity index (χ0) is 29.6. The number of ether oxygens (including phenoxy) is 1. The molecule has 1 N–H and O–H groups in total. The fourth-order valence-electron chi connectivity index (χ4n) is 3.51. The van der Waals surface area contributed by atoms with Gasteiger partial charge in [-0.3, -0.25) is 5.41 Å². The van der Waals surface area contributed by atoms with Crippen molar-refractivity contribution in [3.05, 3.63) is 88.2 Å². The molecule has 0 aromatic heterocycles. The Morgan fingerprint density at radius 1 is 0.850 bits per heavy atom. The summed E-state index contributed by atoms with van der Waals surface area (Å²) in [5.74, 6) is -9.49. The monoisotopic (exact) mass is 570 g/mol. The molecule has 3 aromatic rings. The second-order valence-electron chi connectivity index (χ2n) is 8.36. The lowest BCUT2D eigenvalue weighted by atomic mass is 9.99. The Bertz CT molecular complexity index is 1450. The van der Waals surface area contributed by atoms with Gasteiger partial charge in [0, 0.05) is 23.9 Å². The summed E-state index contributed by atoms with van der Waals surface area (Å²) >= 11 is 0. The number of benzene rings is 3. The maximum atomic E-state index is 14.7. The topological polar surface area (TPSA) is 45.4 Å². The van der Waals surface area contributed by atoms with Gasteiger partial charge in [-0.2, -0.15) is 8.78 Å². The summed E-state index contributed by atoms with van der Waals surface area (Å²) in [7, 11) is 0. The summed E-state index contributed by atoms with van der Waals surface area (Å²) < 4.78 is 131. The number of nitrogens with one attached hydrogen (secondary N) is 1. The number of hydrogen-bond acceptors (Lipinski definition) is 2. The number of hydrogen-bond donors (Lipinski definition) is 1. The van der Waals surface area contributed by atoms with Crippen molar-refractivity contribution in [2.75, 3.05) is 0 Å². The van der Waals surface area contributed by atoms with Gasteiger partial charge in [0.05, 0.1) is 5.56 Å². The number of nitrogens with zero attached hydrogens (tertiary/aromatic N) is 1. The van der Waals surface area contributed by atoms with Gasteiger partial charge in [-0.05, 0) is 48.6 Å². The number of aliphatic imine (C=N–C) groups is 1. The second-order valence-corrected chi connectivity index (χ2v) is 8.36. The van der Waals surface area contributed by atoms with Gasteiger partial charge in [0.2, 0.25) is 0 Å². The zero-order valence-corrected chi connectivity index (χ0v) is 20.6. The molecule has 0 aliphatic heterocycles. The fourth-order valence-corrected chi connectivity index (χ4v) is 3.51. The van der Waals surface area contributed by atoms with E-state index in [1.807, 2.05) is 6.92 Å². The highest BCUT2D eigenvalue weighted by Gasteiger charge is 2.41. The molecule has 0 saturated heterocycles. The number of unbranched alkanes of at least 4 members (excludes halogenated alkanes) is 3. The lowest BCUT2D eigenvalue weighted by Gasteiger charge is -2.20. The van der Waals surface area contributed by atoms with Gasteiger partial charge >= 0.3 is 6.11 Å². The van der Waals surface area contributed by atoms with E-state index in [0.29, 0.717) is 18.6 Å². The van der Waals surface area contributed by atoms with Crippen LogP contribution in [0.5, 0.6) is 5.75 Å². The first-order chi connectivity index (χ1) is 18.8. The molecule has 0 amide bonds. The Labute approximate surface area is 222 Å². The quantitative estimate of drug-likeness (QED) is 0.0725. The Hall–Kier alpha value is -4.27. The zero-order valence-electron chi connectivity index (χ0n) is 20.6. The van der Waals surface area contributed by atoms with E-state index in [1.54, 1.807) is 0 Å². The van der Waals surface area contributed by atoms with Crippen molar-refractivity contribution in [1.82, 2.24) is 0 Å². The molecule has 3 nitrogen and oxygen atoms in total. The van der Waals surface area contributed by atoms with E-state index in [4.69, 9.17) is 5.41 Å². The molecule has 0 aliphatic rings. The van der Waals surface area contributed by atoms with Crippen LogP contribution in [-0.4, -0.2) is 12.1 Å². The van der Waals surface area contributed by atoms with Crippen molar-refractivity contribution in [3.63, 3.8) is 0 Å². The Morgan fingerprint density at radius 3 is 1.98 bits per heavy atom. The molecule has 0 atom stereocenters. The van der Waals surface area contributed by atoms with Crippen LogP contribution in [0.25, 0.3) is 11.1 Å². The molecule has 0 aliphatic carbocycles. The number of rotatable bonds is 8. The Morgan fingerprint density at radius 2 is 1.43 bits per heavy atom. The predicted octanol–water partition coefficient (Wildman–Crippen LogP) is 8.44. The Balaban J connectivity index is 1.87. The molecule has 0 unspecified atom stereocenters. The molecule has 0 fully saturated rings. The summed E-state index contributed by atoms with van der Waals surface area (Å²) in [6.07, 6.45) is 0.117. The highest BCUT2D eigenvalue weighted by Crippen LogP contribution is 2.38. The first kappa shape index (κ1) is 30.3. The van der Waals surface area contributed by atoms with Gasteiger partial charge in [-0.25, -0.2) is 35.7 Å². The predicted molar refractivity (Wildman–Crippen MR) is 130 cm³/mol. The van der Waals surface area contributed by atoms with Gasteiger partial charge in [0.15, 0.2) is 23.3 Å². The summed E-state index contributed by atoms with van der Waals surface area (Å²) in [5, 5.41) is 7.65. The molecule has 0 spiro atoms. The van der Waals surface area contributed by atoms with E-state index in [1.165, 1.54) is 6.21 Å². The number of halogens is 9. The van der Waals surface area contributed by atoms with Crippen molar-refractivity contribution >= 4 is 12.1 Å². The van der Waals surface area contributed by atoms with Crippen LogP contribution in [0.3, 0.4) is 0 Å². The maximum absolute atomic E-state index is 14.7. The molecular weight excluding hydrogens is 551 g/mol. The lowest BCUT2D eigenvalue weighted by Crippen LogP contribution is -2.25. The third-order valence-electron chi connectivity index (χ3n) is 5.35. The summed E-state index contributed by atoms with van der Waals surface area (Å²) in [6, 6.07) is 1.90. The average molecular weight is 570 g/mol. The summed E-state index contributed by atoms with van der Waals surface area (Å²) in [6.45, 7) is 2.02. The average Bonchev–Trinajstić information content (AvgIpc) is 2.84. The normalized spacial score (nSPS) is 11.4. The van der Waals surface area contributed by atoms with E-state index in [-0.39, 0.29) is 35.7 Å². The second kappa shape index (κ2) is 12.7. The van der Waals surface area contributed by atoms with Crippen molar-refractivity contribution in [2.45, 2.75) is 38.7 Å². The third kappa shape index (κ3) is 7.22. The first-order valence-corrected chi connectivity index (χ1v) is 11.7. The summed E-state index contributed by atoms with van der Waals surface area (Å²) in [5.41, 5.74) is -4.03. The van der Waals surface area contributed by atoms with Crippen LogP contribution in [0.2, 0.25) is 0 Å². The molecule has 0 saturated carbocycles. The smallest absolute Gasteiger partial charge is 0.429 e. The van der Waals surface area contributed by atoms with Crippen LogP contribution in [0.15, 0.2) is 41.4 Å². The molecule has 0 radical (unpaired) electrons. The van der Waals surface area contributed by atoms with Gasteiger partial charge in [-0.1, -0.05) is 25.7 Å². The van der Waals surface area contributed by atoms with E-state index in [2.05, 4.69) is 21.6 Å². The summed E-state index contributed by atoms with van der Waals surface area (Å²) in [4.78, 5) is 3.80. The molecule has 40 heavy (non-hydrogen) atoms. The van der Waals surface area contributed by atoms with Crippen molar-refractivity contribution in [1.29, 1.82) is 5.41 Å².